The van der Waals surface area contributed by atoms with E-state index in [0.717, 1.165) is 0 Å². The molecule has 2 atom stereocenters. The summed E-state index contributed by atoms with van der Waals surface area (Å²) in [6, 6.07) is 4.10. The van der Waals surface area contributed by atoms with Gasteiger partial charge in [0.2, 0.25) is 6.79 Å². The monoisotopic (exact) mass is 323 g/mol. The van der Waals surface area contributed by atoms with Crippen LogP contribution in [0.3, 0.4) is 0 Å². The average Bonchev–Trinajstić information content (AvgIpc) is 2.98. The number of ketones is 1. The van der Waals surface area contributed by atoms with Gasteiger partial charge < -0.3 is 24.6 Å². The van der Waals surface area contributed by atoms with Crippen LogP contribution < -0.4 is 14.8 Å². The second-order valence-electron chi connectivity index (χ2n) is 5.25. The number of ether oxygens (including phenoxy) is 3. The molecule has 1 aromatic rings. The Morgan fingerprint density at radius 3 is 2.78 bits per heavy atom. The predicted octanol–water partition coefficient (Wildman–Crippen LogP) is 0.890. The fourth-order valence-corrected chi connectivity index (χ4v) is 2.21. The molecule has 0 radical (unpaired) electrons. The van der Waals surface area contributed by atoms with E-state index in [-0.39, 0.29) is 32.1 Å². The summed E-state index contributed by atoms with van der Waals surface area (Å²) in [5, 5.41) is 12.3. The van der Waals surface area contributed by atoms with Crippen molar-refractivity contribution in [1.29, 1.82) is 0 Å². The maximum absolute atomic E-state index is 12.6. The van der Waals surface area contributed by atoms with Crippen LogP contribution >= 0.6 is 0 Å². The number of nitrogens with one attached hydrogen (secondary N) is 1. The minimum Gasteiger partial charge on any atom is -0.466 e. The number of hydrogen-bond acceptors (Lipinski definition) is 7. The molecule has 0 spiro atoms. The van der Waals surface area contributed by atoms with Gasteiger partial charge in [0.05, 0.1) is 25.2 Å². The zero-order chi connectivity index (χ0) is 16.8. The fraction of sp³-hybridized carbons (Fsp3) is 0.500. The highest BCUT2D eigenvalue weighted by molar-refractivity contribution is 6.02. The van der Waals surface area contributed by atoms with Crippen molar-refractivity contribution < 1.29 is 28.9 Å². The smallest absolute Gasteiger partial charge is 0.307 e. The van der Waals surface area contributed by atoms with E-state index in [2.05, 4.69) is 5.32 Å². The van der Waals surface area contributed by atoms with Gasteiger partial charge in [-0.05, 0) is 32.0 Å². The Hall–Kier alpha value is -2.12. The van der Waals surface area contributed by atoms with Gasteiger partial charge in [0.1, 0.15) is 0 Å². The van der Waals surface area contributed by atoms with Crippen molar-refractivity contribution in [1.82, 2.24) is 5.32 Å². The number of carbonyl (C=O) groups is 2. The van der Waals surface area contributed by atoms with Gasteiger partial charge in [-0.3, -0.25) is 9.59 Å². The molecule has 126 valence electrons. The van der Waals surface area contributed by atoms with Gasteiger partial charge in [-0.2, -0.15) is 0 Å². The minimum absolute atomic E-state index is 0.103. The molecule has 2 N–H and O–H groups in total. The molecule has 7 nitrogen and oxygen atoms in total. The third-order valence-electron chi connectivity index (χ3n) is 3.31. The van der Waals surface area contributed by atoms with E-state index in [9.17, 15) is 14.7 Å². The molecule has 23 heavy (non-hydrogen) atoms. The van der Waals surface area contributed by atoms with Gasteiger partial charge in [0.25, 0.3) is 0 Å². The molecule has 0 amide bonds. The molecular formula is C16H21NO6. The number of Topliss-reactive ketones (excluding diaryl/α,β-unsaturated/α-hetero) is 1. The van der Waals surface area contributed by atoms with Crippen LogP contribution in [0.5, 0.6) is 11.5 Å². The van der Waals surface area contributed by atoms with Crippen molar-refractivity contribution in [3.8, 4) is 11.5 Å². The quantitative estimate of drug-likeness (QED) is 0.542. The third kappa shape index (κ3) is 4.67. The summed E-state index contributed by atoms with van der Waals surface area (Å²) in [5.41, 5.74) is 0.404. The molecule has 7 heteroatoms. The zero-order valence-electron chi connectivity index (χ0n) is 13.2. The Kier molecular flexibility index (Phi) is 5.95. The maximum Gasteiger partial charge on any atom is 0.307 e. The number of benzene rings is 1. The number of hydrogen-bond donors (Lipinski definition) is 2. The highest BCUT2D eigenvalue weighted by atomic mass is 16.7. The van der Waals surface area contributed by atoms with Crippen LogP contribution in [0.25, 0.3) is 0 Å². The predicted molar refractivity (Wildman–Crippen MR) is 81.6 cm³/mol. The number of fused-ring (bicyclic) bond motifs is 1. The fourth-order valence-electron chi connectivity index (χ4n) is 2.21. The van der Waals surface area contributed by atoms with Crippen LogP contribution in [0.4, 0.5) is 0 Å². The highest BCUT2D eigenvalue weighted by Crippen LogP contribution is 2.32. The molecular weight excluding hydrogens is 302 g/mol. The first-order chi connectivity index (χ1) is 11.0. The van der Waals surface area contributed by atoms with Crippen molar-refractivity contribution in [3.05, 3.63) is 23.8 Å². The maximum atomic E-state index is 12.6. The lowest BCUT2D eigenvalue weighted by Crippen LogP contribution is -2.42. The van der Waals surface area contributed by atoms with E-state index in [1.54, 1.807) is 32.0 Å². The lowest BCUT2D eigenvalue weighted by molar-refractivity contribution is -0.143. The number of aliphatic hydroxyl groups excluding tert-OH is 1. The number of esters is 1. The summed E-state index contributed by atoms with van der Waals surface area (Å²) in [5.74, 6) is 0.350. The summed E-state index contributed by atoms with van der Waals surface area (Å²) >= 11 is 0. The van der Waals surface area contributed by atoms with Gasteiger partial charge in [-0.15, -0.1) is 0 Å². The van der Waals surface area contributed by atoms with Crippen LogP contribution in [0.2, 0.25) is 0 Å². The van der Waals surface area contributed by atoms with Gasteiger partial charge in [0.15, 0.2) is 17.3 Å². The van der Waals surface area contributed by atoms with Crippen molar-refractivity contribution in [3.63, 3.8) is 0 Å². The summed E-state index contributed by atoms with van der Waals surface area (Å²) in [4.78, 5) is 24.3. The number of aliphatic hydroxyl groups is 1. The summed E-state index contributed by atoms with van der Waals surface area (Å²) in [6.07, 6.45) is -0.738. The lowest BCUT2D eigenvalue weighted by atomic mass is 10.0. The zero-order valence-corrected chi connectivity index (χ0v) is 13.2. The molecule has 0 fully saturated rings. The Labute approximate surface area is 134 Å². The summed E-state index contributed by atoms with van der Waals surface area (Å²) in [6.45, 7) is 3.87. The molecule has 0 saturated carbocycles. The molecule has 1 aliphatic heterocycles. The highest BCUT2D eigenvalue weighted by Gasteiger charge is 2.25. The first kappa shape index (κ1) is 17.2. The SMILES string of the molecule is CCOC(=O)CC(NCC(C)O)C(=O)c1ccc2c(c1)OCO2. The first-order valence-corrected chi connectivity index (χ1v) is 7.52. The standard InChI is InChI=1S/C16H21NO6/c1-3-21-15(19)7-12(17-8-10(2)18)16(20)11-4-5-13-14(6-11)23-9-22-13/h4-6,10,12,17-18H,3,7-9H2,1-2H3. The molecule has 1 heterocycles. The largest absolute Gasteiger partial charge is 0.466 e. The topological polar surface area (TPSA) is 94.1 Å². The Balaban J connectivity index is 2.12. The van der Waals surface area contributed by atoms with Crippen molar-refractivity contribution >= 4 is 11.8 Å². The van der Waals surface area contributed by atoms with E-state index in [0.29, 0.717) is 17.1 Å². The van der Waals surface area contributed by atoms with Crippen LogP contribution in [0.1, 0.15) is 30.6 Å². The van der Waals surface area contributed by atoms with Gasteiger partial charge in [-0.25, -0.2) is 0 Å². The number of rotatable bonds is 8. The van der Waals surface area contributed by atoms with E-state index in [1.165, 1.54) is 0 Å². The summed E-state index contributed by atoms with van der Waals surface area (Å²) in [7, 11) is 0. The normalized spacial score (nSPS) is 15.1. The average molecular weight is 323 g/mol. The molecule has 2 rings (SSSR count). The molecule has 0 saturated heterocycles. The van der Waals surface area contributed by atoms with Crippen LogP contribution in [0, 0.1) is 0 Å². The molecule has 1 aliphatic rings. The second kappa shape index (κ2) is 7.94. The third-order valence-corrected chi connectivity index (χ3v) is 3.31. The molecule has 1 aromatic carbocycles. The Morgan fingerprint density at radius 2 is 2.09 bits per heavy atom. The van der Waals surface area contributed by atoms with E-state index >= 15 is 0 Å². The van der Waals surface area contributed by atoms with E-state index in [4.69, 9.17) is 14.2 Å². The Bertz CT molecular complexity index is 572. The Morgan fingerprint density at radius 1 is 1.35 bits per heavy atom. The first-order valence-electron chi connectivity index (χ1n) is 7.52. The molecule has 0 aliphatic carbocycles. The lowest BCUT2D eigenvalue weighted by Gasteiger charge is -2.18. The van der Waals surface area contributed by atoms with Crippen LogP contribution in [-0.4, -0.2) is 48.9 Å². The van der Waals surface area contributed by atoms with Crippen LogP contribution in [-0.2, 0) is 9.53 Å². The minimum atomic E-state index is -0.774. The molecule has 0 bridgehead atoms. The van der Waals surface area contributed by atoms with Crippen molar-refractivity contribution in [2.75, 3.05) is 19.9 Å². The van der Waals surface area contributed by atoms with E-state index in [1.807, 2.05) is 0 Å². The van der Waals surface area contributed by atoms with Gasteiger partial charge in [-0.1, -0.05) is 0 Å². The summed E-state index contributed by atoms with van der Waals surface area (Å²) < 4.78 is 15.4. The second-order valence-corrected chi connectivity index (χ2v) is 5.25. The molecule has 0 aromatic heterocycles. The van der Waals surface area contributed by atoms with Gasteiger partial charge in [0, 0.05) is 12.1 Å². The van der Waals surface area contributed by atoms with Crippen LogP contribution in [0.15, 0.2) is 18.2 Å². The van der Waals surface area contributed by atoms with Crippen molar-refractivity contribution in [2.45, 2.75) is 32.4 Å². The number of carbonyl (C=O) groups excluding carboxylic acids is 2. The molecule has 2 unspecified atom stereocenters. The van der Waals surface area contributed by atoms with Crippen molar-refractivity contribution in [2.24, 2.45) is 0 Å². The van der Waals surface area contributed by atoms with Gasteiger partial charge >= 0.3 is 5.97 Å². The van der Waals surface area contributed by atoms with E-state index < -0.39 is 18.1 Å².